The summed E-state index contributed by atoms with van der Waals surface area (Å²) in [5.74, 6) is -1.50. The molecule has 5 heterocycles. The Balaban J connectivity index is 1.14. The normalized spacial score (nSPS) is 38.3. The zero-order valence-electron chi connectivity index (χ0n) is 63.9. The van der Waals surface area contributed by atoms with E-state index < -0.39 is 262 Å². The monoisotopic (exact) mass is 1640 g/mol. The van der Waals surface area contributed by atoms with Crippen LogP contribution in [0.3, 0.4) is 0 Å². The zero-order valence-corrected chi connectivity index (χ0v) is 64.8. The standard InChI is InChI=1S/C73H129O38P/c1-3-5-7-9-11-13-15-17-18-20-21-23-25-27-29-31-46(76)98-35-40(103-47(77)32-30-28-26-24-22-19-16-14-12-10-8-6-4-2)36-102-112(96,97)111-68-66(109-72-64(94)54(84)49(79)42(34-75)105-72)59(89)58(88)60(90)67(68)110-73-65(95)57(87)52(82)45(108-73)39-101-71-63(93)56(86)51(81)44(107-71)38-100-70-62(92)55(85)50(80)43(106-70)37-99-69-61(91)53(83)48(78)41(33-74)104-69/h14,16-18,40-45,48-75,78-95H,3-13,15,19-39H2,1-2H3,(H,96,97)/b16-14-,18-17-/t40-,41?,42?,43?,44?,45?,48+,49-,50+,51+,52+,53?,54?,55?,56?,57?,58+,59?,60?,61+,62+,63+,64-,65+,66-,67?,68+,69-,70-,71-,72-,73+/m1/s1. The van der Waals surface area contributed by atoms with Crippen molar-refractivity contribution in [2.75, 3.05) is 46.2 Å². The lowest BCUT2D eigenvalue weighted by Gasteiger charge is -2.49. The van der Waals surface area contributed by atoms with Crippen molar-refractivity contribution >= 4 is 19.8 Å². The van der Waals surface area contributed by atoms with Crippen LogP contribution in [0.2, 0.25) is 0 Å². The van der Waals surface area contributed by atoms with Crippen LogP contribution in [-0.2, 0) is 80.0 Å². The van der Waals surface area contributed by atoms with Gasteiger partial charge in [0.05, 0.1) is 39.6 Å². The van der Waals surface area contributed by atoms with E-state index in [1.165, 1.54) is 51.4 Å². The van der Waals surface area contributed by atoms with Crippen molar-refractivity contribution in [2.24, 2.45) is 0 Å². The average Bonchev–Trinajstić information content (AvgIpc) is 0.759. The van der Waals surface area contributed by atoms with Gasteiger partial charge < -0.3 is 164 Å². The van der Waals surface area contributed by atoms with Crippen molar-refractivity contribution < 1.29 is 187 Å². The van der Waals surface area contributed by atoms with Crippen molar-refractivity contribution in [3.8, 4) is 0 Å². The number of unbranched alkanes of at least 4 members (excludes halogenated alkanes) is 20. The molecule has 39 heteroatoms. The number of esters is 2. The molecule has 112 heavy (non-hydrogen) atoms. The number of ether oxygens (including phenoxy) is 12. The first-order valence-corrected chi connectivity index (χ1v) is 41.2. The van der Waals surface area contributed by atoms with E-state index in [9.17, 15) is 121 Å². The number of carbonyl (C=O) groups is 2. The summed E-state index contributed by atoms with van der Waals surface area (Å²) < 4.78 is 92.8. The third kappa shape index (κ3) is 30.2. The second-order valence-electron chi connectivity index (χ2n) is 29.7. The van der Waals surface area contributed by atoms with Gasteiger partial charge in [0.2, 0.25) is 0 Å². The summed E-state index contributed by atoms with van der Waals surface area (Å²) in [6, 6.07) is 0. The van der Waals surface area contributed by atoms with Crippen molar-refractivity contribution in [3.05, 3.63) is 24.3 Å². The molecule has 0 radical (unpaired) electrons. The van der Waals surface area contributed by atoms with Crippen LogP contribution in [0.1, 0.15) is 181 Å². The molecule has 1 aliphatic carbocycles. The van der Waals surface area contributed by atoms with E-state index in [0.29, 0.717) is 25.7 Å². The van der Waals surface area contributed by atoms with Crippen LogP contribution in [0.4, 0.5) is 0 Å². The summed E-state index contributed by atoms with van der Waals surface area (Å²) in [7, 11) is -5.86. The summed E-state index contributed by atoms with van der Waals surface area (Å²) in [4.78, 5) is 38.3. The Kier molecular flexibility index (Phi) is 44.8. The number of allylic oxidation sites excluding steroid dienone is 4. The minimum absolute atomic E-state index is 0.0328. The van der Waals surface area contributed by atoms with Gasteiger partial charge in [-0.05, 0) is 64.2 Å². The van der Waals surface area contributed by atoms with E-state index in [-0.39, 0.29) is 12.8 Å². The van der Waals surface area contributed by atoms with E-state index in [1.54, 1.807) is 0 Å². The number of phosphoric ester groups is 1. The Morgan fingerprint density at radius 3 is 1.02 bits per heavy atom. The molecule has 6 fully saturated rings. The largest absolute Gasteiger partial charge is 0.472 e. The summed E-state index contributed by atoms with van der Waals surface area (Å²) in [5, 5.41) is 217. The Hall–Kier alpha value is -2.67. The number of phosphoric acid groups is 1. The van der Waals surface area contributed by atoms with Crippen LogP contribution in [0.25, 0.3) is 0 Å². The Labute approximate surface area is 652 Å². The van der Waals surface area contributed by atoms with Crippen LogP contribution in [-0.4, -0.2) is 361 Å². The van der Waals surface area contributed by atoms with Gasteiger partial charge in [0.15, 0.2) is 37.6 Å². The predicted molar refractivity (Wildman–Crippen MR) is 384 cm³/mol. The van der Waals surface area contributed by atoms with E-state index in [2.05, 4.69) is 38.2 Å². The molecule has 6 aliphatic rings. The highest BCUT2D eigenvalue weighted by molar-refractivity contribution is 7.47. The highest BCUT2D eigenvalue weighted by Crippen LogP contribution is 2.49. The van der Waals surface area contributed by atoms with Gasteiger partial charge in [-0.3, -0.25) is 18.6 Å². The second-order valence-corrected chi connectivity index (χ2v) is 31.1. The predicted octanol–water partition coefficient (Wildman–Crippen LogP) is -2.82. The molecule has 33 atom stereocenters. The first-order valence-electron chi connectivity index (χ1n) is 39.7. The maximum absolute atomic E-state index is 14.5. The molecule has 0 spiro atoms. The highest BCUT2D eigenvalue weighted by atomic mass is 31.2. The van der Waals surface area contributed by atoms with Gasteiger partial charge in [-0.25, -0.2) is 4.57 Å². The second kappa shape index (κ2) is 51.1. The smallest absolute Gasteiger partial charge is 0.462 e. The van der Waals surface area contributed by atoms with Crippen molar-refractivity contribution in [1.82, 2.24) is 0 Å². The van der Waals surface area contributed by atoms with Gasteiger partial charge in [-0.2, -0.15) is 0 Å². The van der Waals surface area contributed by atoms with Crippen molar-refractivity contribution in [2.45, 2.75) is 377 Å². The number of hydrogen-bond acceptors (Lipinski definition) is 37. The van der Waals surface area contributed by atoms with Gasteiger partial charge in [-0.15, -0.1) is 0 Å². The highest BCUT2D eigenvalue weighted by Gasteiger charge is 2.59. The molecular formula is C73H129O38P. The topological polar surface area (TPSA) is 605 Å². The van der Waals surface area contributed by atoms with Crippen molar-refractivity contribution in [3.63, 3.8) is 0 Å². The number of rotatable bonds is 51. The third-order valence-corrected chi connectivity index (χ3v) is 21.8. The molecule has 5 saturated heterocycles. The molecule has 0 amide bonds. The lowest BCUT2D eigenvalue weighted by molar-refractivity contribution is -0.365. The number of aliphatic hydroxyl groups is 20. The van der Waals surface area contributed by atoms with Crippen LogP contribution in [0.15, 0.2) is 24.3 Å². The first kappa shape index (κ1) is 98.2. The Morgan fingerprint density at radius 1 is 0.348 bits per heavy atom. The summed E-state index contributed by atoms with van der Waals surface area (Å²) in [6.45, 7) is -1.95. The lowest BCUT2D eigenvalue weighted by atomic mass is 9.84. The van der Waals surface area contributed by atoms with Gasteiger partial charge in [0.25, 0.3) is 0 Å². The SMILES string of the molecule is CCCCCC/C=C\CCCCCCCC(=O)O[C@H](COC(=O)CCCCCCC/C=C\CCCCCCCC)COP(=O)(O)O[C@@H]1C(O[C@@H]2OC(CO[C@@H]3OC(CO[C@@H]4OC(CO[C@@H]5OC(CO)[C@H](O)C(O)[C@@H]5O)[C@H](O)C(O)[C@@H]4O)[C@H](O)C(O)[C@@H]3O)[C@H](O)C(O)[C@@H]2O)C(O)[C@@H](O)C(O)[C@H]1O[C@H]1OC(CO)[C@@H](O)C(O)[C@H]1O. The first-order chi connectivity index (χ1) is 53.5. The van der Waals surface area contributed by atoms with E-state index in [1.807, 2.05) is 0 Å². The fourth-order valence-electron chi connectivity index (χ4n) is 13.7. The number of carbonyl (C=O) groups excluding carboxylic acids is 2. The molecule has 38 nitrogen and oxygen atoms in total. The Morgan fingerprint density at radius 2 is 0.643 bits per heavy atom. The quantitative estimate of drug-likeness (QED) is 0.0126. The number of hydrogen-bond donors (Lipinski definition) is 21. The maximum atomic E-state index is 14.5. The molecule has 0 bridgehead atoms. The minimum atomic E-state index is -5.86. The molecule has 14 unspecified atom stereocenters. The summed E-state index contributed by atoms with van der Waals surface area (Å²) in [6.07, 6.45) is -34.4. The van der Waals surface area contributed by atoms with Gasteiger partial charge in [0.1, 0.15) is 165 Å². The van der Waals surface area contributed by atoms with Gasteiger partial charge in [0, 0.05) is 12.8 Å². The fraction of sp³-hybridized carbons (Fsp3) is 0.918. The number of aliphatic hydroxyl groups excluding tert-OH is 20. The Bertz CT molecular complexity index is 2690. The summed E-state index contributed by atoms with van der Waals surface area (Å²) >= 11 is 0. The average molecular weight is 1650 g/mol. The zero-order chi connectivity index (χ0) is 82.2. The molecule has 6 rings (SSSR count). The molecule has 0 aromatic heterocycles. The maximum Gasteiger partial charge on any atom is 0.472 e. The molecule has 1 saturated carbocycles. The van der Waals surface area contributed by atoms with E-state index >= 15 is 0 Å². The van der Waals surface area contributed by atoms with E-state index in [0.717, 1.165) is 77.0 Å². The molecule has 0 aromatic rings. The van der Waals surface area contributed by atoms with Crippen LogP contribution >= 0.6 is 7.82 Å². The lowest BCUT2D eigenvalue weighted by Crippen LogP contribution is -2.69. The minimum Gasteiger partial charge on any atom is -0.462 e. The van der Waals surface area contributed by atoms with Crippen molar-refractivity contribution in [1.29, 1.82) is 0 Å². The fourth-order valence-corrected chi connectivity index (χ4v) is 14.7. The van der Waals surface area contributed by atoms with Crippen LogP contribution in [0, 0.1) is 0 Å². The molecule has 21 N–H and O–H groups in total. The molecule has 654 valence electrons. The van der Waals surface area contributed by atoms with Gasteiger partial charge in [-0.1, -0.05) is 128 Å². The van der Waals surface area contributed by atoms with Gasteiger partial charge >= 0.3 is 19.8 Å². The third-order valence-electron chi connectivity index (χ3n) is 20.8. The summed E-state index contributed by atoms with van der Waals surface area (Å²) in [5.41, 5.74) is 0. The van der Waals surface area contributed by atoms with Crippen LogP contribution < -0.4 is 0 Å². The molecule has 5 aliphatic heterocycles. The molecular weight excluding hydrogens is 1520 g/mol. The van der Waals surface area contributed by atoms with E-state index in [4.69, 9.17) is 65.9 Å². The van der Waals surface area contributed by atoms with Crippen LogP contribution in [0.5, 0.6) is 0 Å². The molecule has 0 aromatic carbocycles.